The Morgan fingerprint density at radius 1 is 1.50 bits per heavy atom. The maximum Gasteiger partial charge on any atom is 0.273 e. The summed E-state index contributed by atoms with van der Waals surface area (Å²) in [6.07, 6.45) is 0. The van der Waals surface area contributed by atoms with E-state index in [0.29, 0.717) is 16.6 Å². The minimum atomic E-state index is -0.401. The standard InChI is InChI=1S/C12H17BrN2O3/c1-8-4-10(14-6-12(2,3)7-16)9(13)5-11(8)15(17)18/h4-5,14,16H,6-7H2,1-3H3. The number of nitro groups is 1. The van der Waals surface area contributed by atoms with Crippen LogP contribution in [0.2, 0.25) is 0 Å². The van der Waals surface area contributed by atoms with Crippen LogP contribution in [0.4, 0.5) is 11.4 Å². The van der Waals surface area contributed by atoms with Crippen LogP contribution in [0.1, 0.15) is 19.4 Å². The number of halogens is 1. The maximum absolute atomic E-state index is 10.8. The van der Waals surface area contributed by atoms with Crippen molar-refractivity contribution in [2.45, 2.75) is 20.8 Å². The van der Waals surface area contributed by atoms with Gasteiger partial charge in [-0.3, -0.25) is 10.1 Å². The van der Waals surface area contributed by atoms with Crippen molar-refractivity contribution in [3.05, 3.63) is 32.3 Å². The predicted octanol–water partition coefficient (Wildman–Crippen LogP) is 3.10. The normalized spacial score (nSPS) is 11.4. The van der Waals surface area contributed by atoms with Crippen molar-refractivity contribution in [1.29, 1.82) is 0 Å². The molecule has 0 bridgehead atoms. The summed E-state index contributed by atoms with van der Waals surface area (Å²) in [6.45, 7) is 6.23. The molecule has 2 N–H and O–H groups in total. The van der Waals surface area contributed by atoms with Gasteiger partial charge in [-0.15, -0.1) is 0 Å². The minimum Gasteiger partial charge on any atom is -0.396 e. The number of nitrogens with zero attached hydrogens (tertiary/aromatic N) is 1. The zero-order chi connectivity index (χ0) is 13.9. The third-order valence-electron chi connectivity index (χ3n) is 2.67. The SMILES string of the molecule is Cc1cc(NCC(C)(C)CO)c(Br)cc1[N+](=O)[O-]. The Kier molecular flexibility index (Phi) is 4.70. The number of aryl methyl sites for hydroxylation is 1. The molecule has 0 radical (unpaired) electrons. The van der Waals surface area contributed by atoms with Crippen LogP contribution >= 0.6 is 15.9 Å². The molecular weight excluding hydrogens is 300 g/mol. The molecule has 1 aromatic rings. The van der Waals surface area contributed by atoms with Crippen molar-refractivity contribution < 1.29 is 10.0 Å². The number of aliphatic hydroxyl groups is 1. The molecule has 5 nitrogen and oxygen atoms in total. The van der Waals surface area contributed by atoms with Gasteiger partial charge in [0.05, 0.1) is 4.92 Å². The summed E-state index contributed by atoms with van der Waals surface area (Å²) in [5, 5.41) is 23.1. The molecule has 1 rings (SSSR count). The first-order chi connectivity index (χ1) is 8.26. The molecule has 6 heteroatoms. The quantitative estimate of drug-likeness (QED) is 0.646. The van der Waals surface area contributed by atoms with E-state index in [1.54, 1.807) is 13.0 Å². The zero-order valence-electron chi connectivity index (χ0n) is 10.7. The van der Waals surface area contributed by atoms with E-state index >= 15 is 0 Å². The third-order valence-corrected chi connectivity index (χ3v) is 3.32. The molecule has 0 spiro atoms. The van der Waals surface area contributed by atoms with Gasteiger partial charge in [-0.1, -0.05) is 13.8 Å². The van der Waals surface area contributed by atoms with Crippen molar-refractivity contribution in [3.63, 3.8) is 0 Å². The summed E-state index contributed by atoms with van der Waals surface area (Å²) in [5.74, 6) is 0. The number of hydrogen-bond acceptors (Lipinski definition) is 4. The second kappa shape index (κ2) is 5.67. The van der Waals surface area contributed by atoms with Crippen LogP contribution in [0.25, 0.3) is 0 Å². The Morgan fingerprint density at radius 3 is 2.61 bits per heavy atom. The van der Waals surface area contributed by atoms with Gasteiger partial charge in [0.15, 0.2) is 0 Å². The Labute approximate surface area is 114 Å². The van der Waals surface area contributed by atoms with Crippen molar-refractivity contribution in [2.24, 2.45) is 5.41 Å². The van der Waals surface area contributed by atoms with Crippen molar-refractivity contribution >= 4 is 27.3 Å². The van der Waals surface area contributed by atoms with Crippen molar-refractivity contribution in [1.82, 2.24) is 0 Å². The van der Waals surface area contributed by atoms with E-state index in [0.717, 1.165) is 5.69 Å². The van der Waals surface area contributed by atoms with E-state index in [2.05, 4.69) is 21.2 Å². The molecule has 0 aliphatic rings. The molecule has 0 heterocycles. The third kappa shape index (κ3) is 3.68. The number of rotatable bonds is 5. The summed E-state index contributed by atoms with van der Waals surface area (Å²) >= 11 is 3.31. The lowest BCUT2D eigenvalue weighted by molar-refractivity contribution is -0.385. The number of nitro benzene ring substituents is 1. The van der Waals surface area contributed by atoms with E-state index in [4.69, 9.17) is 0 Å². The summed E-state index contributed by atoms with van der Waals surface area (Å²) in [4.78, 5) is 10.4. The fraction of sp³-hybridized carbons (Fsp3) is 0.500. The van der Waals surface area contributed by atoms with E-state index in [1.165, 1.54) is 6.07 Å². The average molecular weight is 317 g/mol. The molecule has 0 aliphatic carbocycles. The number of nitrogens with one attached hydrogen (secondary N) is 1. The summed E-state index contributed by atoms with van der Waals surface area (Å²) in [5.41, 5.74) is 1.25. The van der Waals surface area contributed by atoms with Crippen molar-refractivity contribution in [2.75, 3.05) is 18.5 Å². The average Bonchev–Trinajstić information content (AvgIpc) is 2.29. The highest BCUT2D eigenvalue weighted by molar-refractivity contribution is 9.10. The van der Waals surface area contributed by atoms with E-state index in [9.17, 15) is 15.2 Å². The molecule has 0 saturated heterocycles. The molecule has 1 aromatic carbocycles. The molecule has 0 saturated carbocycles. The Bertz CT molecular complexity index is 461. The first-order valence-electron chi connectivity index (χ1n) is 5.56. The number of benzene rings is 1. The van der Waals surface area contributed by atoms with Gasteiger partial charge < -0.3 is 10.4 Å². The van der Waals surface area contributed by atoms with Gasteiger partial charge in [0, 0.05) is 40.4 Å². The summed E-state index contributed by atoms with van der Waals surface area (Å²) < 4.78 is 0.647. The molecule has 0 aliphatic heterocycles. The van der Waals surface area contributed by atoms with Gasteiger partial charge in [0.25, 0.3) is 5.69 Å². The topological polar surface area (TPSA) is 75.4 Å². The van der Waals surface area contributed by atoms with Gasteiger partial charge in [0.2, 0.25) is 0 Å². The highest BCUT2D eigenvalue weighted by Gasteiger charge is 2.18. The van der Waals surface area contributed by atoms with Gasteiger partial charge in [-0.05, 0) is 28.9 Å². The second-order valence-electron chi connectivity index (χ2n) is 5.05. The van der Waals surface area contributed by atoms with Gasteiger partial charge in [-0.25, -0.2) is 0 Å². The predicted molar refractivity (Wildman–Crippen MR) is 74.9 cm³/mol. The number of hydrogen-bond donors (Lipinski definition) is 2. The fourth-order valence-electron chi connectivity index (χ4n) is 1.39. The highest BCUT2D eigenvalue weighted by atomic mass is 79.9. The lowest BCUT2D eigenvalue weighted by Crippen LogP contribution is -2.26. The Balaban J connectivity index is 2.92. The maximum atomic E-state index is 10.8. The van der Waals surface area contributed by atoms with Gasteiger partial charge in [0.1, 0.15) is 0 Å². The van der Waals surface area contributed by atoms with E-state index in [1.807, 2.05) is 13.8 Å². The molecule has 0 aromatic heterocycles. The fourth-order valence-corrected chi connectivity index (χ4v) is 1.87. The largest absolute Gasteiger partial charge is 0.396 e. The van der Waals surface area contributed by atoms with Crippen LogP contribution in [-0.2, 0) is 0 Å². The van der Waals surface area contributed by atoms with Crippen LogP contribution in [0.5, 0.6) is 0 Å². The monoisotopic (exact) mass is 316 g/mol. The number of anilines is 1. The molecule has 0 fully saturated rings. The molecule has 100 valence electrons. The summed E-state index contributed by atoms with van der Waals surface area (Å²) in [7, 11) is 0. The lowest BCUT2D eigenvalue weighted by atomic mass is 9.95. The van der Waals surface area contributed by atoms with Crippen LogP contribution in [0.3, 0.4) is 0 Å². The molecule has 0 amide bonds. The van der Waals surface area contributed by atoms with Crippen LogP contribution in [0.15, 0.2) is 16.6 Å². The minimum absolute atomic E-state index is 0.0730. The smallest absolute Gasteiger partial charge is 0.273 e. The molecule has 0 unspecified atom stereocenters. The molecular formula is C12H17BrN2O3. The molecule has 18 heavy (non-hydrogen) atoms. The van der Waals surface area contributed by atoms with Crippen LogP contribution < -0.4 is 5.32 Å². The van der Waals surface area contributed by atoms with Gasteiger partial charge >= 0.3 is 0 Å². The van der Waals surface area contributed by atoms with Gasteiger partial charge in [-0.2, -0.15) is 0 Å². The first kappa shape index (κ1) is 14.9. The zero-order valence-corrected chi connectivity index (χ0v) is 12.2. The second-order valence-corrected chi connectivity index (χ2v) is 5.91. The van der Waals surface area contributed by atoms with Crippen LogP contribution in [0, 0.1) is 22.5 Å². The Hall–Kier alpha value is -1.14. The van der Waals surface area contributed by atoms with E-state index in [-0.39, 0.29) is 17.7 Å². The lowest BCUT2D eigenvalue weighted by Gasteiger charge is -2.23. The summed E-state index contributed by atoms with van der Waals surface area (Å²) in [6, 6.07) is 3.22. The van der Waals surface area contributed by atoms with Crippen molar-refractivity contribution in [3.8, 4) is 0 Å². The van der Waals surface area contributed by atoms with E-state index < -0.39 is 4.92 Å². The number of aliphatic hydroxyl groups excluding tert-OH is 1. The first-order valence-corrected chi connectivity index (χ1v) is 6.35. The molecule has 0 atom stereocenters. The highest BCUT2D eigenvalue weighted by Crippen LogP contribution is 2.31. The Morgan fingerprint density at radius 2 is 2.11 bits per heavy atom. The van der Waals surface area contributed by atoms with Crippen LogP contribution in [-0.4, -0.2) is 23.2 Å².